The van der Waals surface area contributed by atoms with Crippen molar-refractivity contribution in [1.82, 2.24) is 4.90 Å². The number of halogens is 1. The highest BCUT2D eigenvalue weighted by atomic mass is 35.5. The summed E-state index contributed by atoms with van der Waals surface area (Å²) in [5, 5.41) is 21.9. The van der Waals surface area contributed by atoms with Crippen LogP contribution in [-0.2, 0) is 36.4 Å². The van der Waals surface area contributed by atoms with Gasteiger partial charge in [0.05, 0.1) is 31.9 Å². The normalized spacial score (nSPS) is 30.3. The zero-order valence-electron chi connectivity index (χ0n) is 26.5. The summed E-state index contributed by atoms with van der Waals surface area (Å²) in [5.74, 6) is -1.39. The van der Waals surface area contributed by atoms with E-state index in [2.05, 4.69) is 17.0 Å². The van der Waals surface area contributed by atoms with Crippen molar-refractivity contribution < 1.29 is 34.1 Å². The minimum absolute atomic E-state index is 0.0916. The number of nitrogens with zero attached hydrogens (tertiary/aromatic N) is 2. The van der Waals surface area contributed by atoms with Crippen molar-refractivity contribution in [2.45, 2.75) is 68.3 Å². The van der Waals surface area contributed by atoms with Gasteiger partial charge in [0.1, 0.15) is 11.2 Å². The van der Waals surface area contributed by atoms with E-state index >= 15 is 0 Å². The molecule has 9 nitrogen and oxygen atoms in total. The largest absolute Gasteiger partial charge is 0.490 e. The van der Waals surface area contributed by atoms with Crippen LogP contribution in [0.2, 0.25) is 5.02 Å². The van der Waals surface area contributed by atoms with Crippen LogP contribution < -0.4 is 9.64 Å². The van der Waals surface area contributed by atoms with E-state index in [1.807, 2.05) is 24.3 Å². The number of hydrogen-bond acceptors (Lipinski definition) is 7. The van der Waals surface area contributed by atoms with Crippen molar-refractivity contribution in [2.24, 2.45) is 11.8 Å². The third-order valence-electron chi connectivity index (χ3n) is 10.8. The summed E-state index contributed by atoms with van der Waals surface area (Å²) < 4.78 is 11.9. The summed E-state index contributed by atoms with van der Waals surface area (Å²) >= 11 is 6.42. The number of ether oxygens (including phenoxy) is 2. The molecule has 246 valence electrons. The Kier molecular flexibility index (Phi) is 9.09. The minimum atomic E-state index is -1.74. The molecule has 2 aromatic carbocycles. The first-order valence-electron chi connectivity index (χ1n) is 16.3. The maximum absolute atomic E-state index is 13.6. The Bertz CT molecular complexity index is 1540. The van der Waals surface area contributed by atoms with E-state index in [0.717, 1.165) is 37.8 Å². The molecular formula is C36H43ClN2O7. The molecule has 5 atom stereocenters. The minimum Gasteiger partial charge on any atom is -0.490 e. The van der Waals surface area contributed by atoms with E-state index in [9.17, 15) is 24.6 Å². The number of rotatable bonds is 3. The number of aliphatic hydroxyl groups excluding tert-OH is 1. The van der Waals surface area contributed by atoms with Crippen molar-refractivity contribution in [3.8, 4) is 5.75 Å². The van der Waals surface area contributed by atoms with Crippen LogP contribution in [0.3, 0.4) is 0 Å². The molecule has 2 aliphatic heterocycles. The van der Waals surface area contributed by atoms with Gasteiger partial charge in [-0.25, -0.2) is 0 Å². The Morgan fingerprint density at radius 2 is 2.00 bits per heavy atom. The van der Waals surface area contributed by atoms with Crippen molar-refractivity contribution in [3.63, 3.8) is 0 Å². The quantitative estimate of drug-likeness (QED) is 0.356. The number of fused-ring (bicyclic) bond motifs is 4. The number of amides is 1. The van der Waals surface area contributed by atoms with Gasteiger partial charge in [0, 0.05) is 43.5 Å². The average molecular weight is 651 g/mol. The van der Waals surface area contributed by atoms with Crippen molar-refractivity contribution >= 4 is 35.1 Å². The number of methoxy groups -OCH3 is 1. The van der Waals surface area contributed by atoms with Gasteiger partial charge in [0.15, 0.2) is 0 Å². The van der Waals surface area contributed by atoms with Crippen molar-refractivity contribution in [1.29, 1.82) is 0 Å². The fourth-order valence-corrected chi connectivity index (χ4v) is 8.31. The van der Waals surface area contributed by atoms with E-state index in [0.29, 0.717) is 49.0 Å². The lowest BCUT2D eigenvalue weighted by atomic mass is 9.68. The molecule has 0 aromatic heterocycles. The Balaban J connectivity index is 1.51. The number of carbonyl (C=O) groups is 3. The molecule has 6 rings (SSSR count). The summed E-state index contributed by atoms with van der Waals surface area (Å²) in [4.78, 5) is 43.4. The zero-order valence-corrected chi connectivity index (χ0v) is 27.3. The second kappa shape index (κ2) is 12.9. The topological polar surface area (TPSA) is 117 Å². The Morgan fingerprint density at radius 3 is 2.74 bits per heavy atom. The van der Waals surface area contributed by atoms with Crippen LogP contribution >= 0.6 is 11.6 Å². The highest BCUT2D eigenvalue weighted by Gasteiger charge is 2.48. The Morgan fingerprint density at radius 1 is 1.17 bits per heavy atom. The third-order valence-corrected chi connectivity index (χ3v) is 11.1. The fraction of sp³-hybridized carbons (Fsp3) is 0.528. The molecule has 10 heteroatoms. The summed E-state index contributed by atoms with van der Waals surface area (Å²) in [5.41, 5.74) is 1.53. The van der Waals surface area contributed by atoms with E-state index in [4.69, 9.17) is 21.1 Å². The lowest BCUT2D eigenvalue weighted by Gasteiger charge is -2.45. The van der Waals surface area contributed by atoms with Gasteiger partial charge in [0.2, 0.25) is 5.91 Å². The van der Waals surface area contributed by atoms with Gasteiger partial charge < -0.3 is 29.5 Å². The van der Waals surface area contributed by atoms with Crippen LogP contribution in [0.1, 0.15) is 61.6 Å². The molecule has 0 saturated heterocycles. The van der Waals surface area contributed by atoms with E-state index in [-0.39, 0.29) is 29.6 Å². The lowest BCUT2D eigenvalue weighted by Crippen LogP contribution is -2.49. The molecule has 4 aliphatic rings. The van der Waals surface area contributed by atoms with Crippen LogP contribution in [0.4, 0.5) is 5.69 Å². The van der Waals surface area contributed by atoms with Gasteiger partial charge in [-0.3, -0.25) is 14.4 Å². The number of hydrogen-bond donors (Lipinski definition) is 2. The van der Waals surface area contributed by atoms with Gasteiger partial charge >= 0.3 is 11.9 Å². The second-order valence-corrected chi connectivity index (χ2v) is 14.1. The molecule has 0 radical (unpaired) electrons. The summed E-state index contributed by atoms with van der Waals surface area (Å²) in [6.07, 6.45) is 7.45. The molecule has 2 heterocycles. The fourth-order valence-electron chi connectivity index (χ4n) is 8.11. The zero-order chi connectivity index (χ0) is 32.6. The molecule has 2 aliphatic carbocycles. The number of aryl methyl sites for hydroxylation is 1. The maximum atomic E-state index is 13.6. The van der Waals surface area contributed by atoms with Crippen LogP contribution in [-0.4, -0.2) is 79.5 Å². The molecule has 1 amide bonds. The van der Waals surface area contributed by atoms with Gasteiger partial charge in [-0.2, -0.15) is 0 Å². The monoisotopic (exact) mass is 650 g/mol. The lowest BCUT2D eigenvalue weighted by molar-refractivity contribution is -0.155. The van der Waals surface area contributed by atoms with Crippen LogP contribution in [0, 0.1) is 11.8 Å². The first-order valence-corrected chi connectivity index (χ1v) is 16.6. The predicted octanol–water partition coefficient (Wildman–Crippen LogP) is 4.89. The first kappa shape index (κ1) is 32.4. The van der Waals surface area contributed by atoms with Gasteiger partial charge in [-0.05, 0) is 91.3 Å². The molecule has 2 N–H and O–H groups in total. The van der Waals surface area contributed by atoms with Gasteiger partial charge in [0.25, 0.3) is 0 Å². The molecular weight excluding hydrogens is 608 g/mol. The predicted molar refractivity (Wildman–Crippen MR) is 174 cm³/mol. The number of anilines is 1. The van der Waals surface area contributed by atoms with Crippen LogP contribution in [0.5, 0.6) is 5.75 Å². The third kappa shape index (κ3) is 5.99. The smallest absolute Gasteiger partial charge is 0.317 e. The molecule has 1 fully saturated rings. The van der Waals surface area contributed by atoms with Crippen molar-refractivity contribution in [3.05, 3.63) is 70.3 Å². The molecule has 1 spiro atoms. The number of benzene rings is 2. The number of aliphatic hydroxyl groups is 1. The first-order chi connectivity index (χ1) is 22.0. The highest BCUT2D eigenvalue weighted by molar-refractivity contribution is 6.30. The summed E-state index contributed by atoms with van der Waals surface area (Å²) in [7, 11) is 2.86. The standard InChI is InChI=1S/C36H43ClN2O7/c1-38-15-4-3-7-30(40)27-11-8-24(27)20-39-21-35(14-5-6-23-16-26(37)10-12-28(23)35)22-46-31-13-9-25(17-29(31)39)36(18-32(38)41,19-33(42)43)34(44)45-2/h3,7,9-10,12-13,16-17,24,27,30,40H,4-6,8,11,14-15,18-22H2,1-2H3,(H,42,43)/b7-3+/t24-,27+,30-,35-,36+/m0/s1. The maximum Gasteiger partial charge on any atom is 0.317 e. The number of carbonyl (C=O) groups excluding carboxylic acids is 2. The van der Waals surface area contributed by atoms with E-state index < -0.39 is 29.9 Å². The second-order valence-electron chi connectivity index (χ2n) is 13.6. The van der Waals surface area contributed by atoms with Gasteiger partial charge in [-0.15, -0.1) is 0 Å². The summed E-state index contributed by atoms with van der Waals surface area (Å²) in [6, 6.07) is 11.5. The Labute approximate surface area is 275 Å². The average Bonchev–Trinajstić information content (AvgIpc) is 3.16. The molecule has 2 bridgehead atoms. The van der Waals surface area contributed by atoms with Crippen molar-refractivity contribution in [2.75, 3.05) is 45.3 Å². The number of carboxylic acid groups (broad SMARTS) is 1. The van der Waals surface area contributed by atoms with Gasteiger partial charge in [-0.1, -0.05) is 35.9 Å². The van der Waals surface area contributed by atoms with Crippen LogP contribution in [0.15, 0.2) is 48.6 Å². The molecule has 46 heavy (non-hydrogen) atoms. The highest BCUT2D eigenvalue weighted by Crippen LogP contribution is 2.48. The van der Waals surface area contributed by atoms with E-state index in [1.165, 1.54) is 23.1 Å². The van der Waals surface area contributed by atoms with E-state index in [1.54, 1.807) is 19.2 Å². The molecule has 2 aromatic rings. The Hall–Kier alpha value is -3.56. The summed E-state index contributed by atoms with van der Waals surface area (Å²) in [6.45, 7) is 2.11. The number of aliphatic carboxylic acids is 1. The van der Waals surface area contributed by atoms with Crippen LogP contribution in [0.25, 0.3) is 0 Å². The molecule has 1 saturated carbocycles. The number of esters is 1. The SMILES string of the molecule is COC(=O)[C@@]1(CC(=O)O)CC(=O)N(C)CC/C=C/[C@H](O)[C@@H]2CC[C@H]2CN2C[C@@]3(CCCc4cc(Cl)ccc43)COc3ccc1cc32. The molecule has 0 unspecified atom stereocenters. The number of carboxylic acids is 1.